The number of nitrogens with zero attached hydrogens (tertiary/aromatic N) is 1. The Balaban J connectivity index is 1.64. The number of halogens is 1. The van der Waals surface area contributed by atoms with Crippen LogP contribution in [0.25, 0.3) is 0 Å². The summed E-state index contributed by atoms with van der Waals surface area (Å²) in [7, 11) is 0. The van der Waals surface area contributed by atoms with Gasteiger partial charge in [0.05, 0.1) is 6.10 Å². The van der Waals surface area contributed by atoms with Gasteiger partial charge in [0.25, 0.3) is 0 Å². The van der Waals surface area contributed by atoms with Crippen LogP contribution in [0.1, 0.15) is 43.0 Å². The van der Waals surface area contributed by atoms with Crippen LogP contribution in [0, 0.1) is 0 Å². The van der Waals surface area contributed by atoms with Gasteiger partial charge < -0.3 is 10.1 Å². The molecule has 22 heavy (non-hydrogen) atoms. The molecule has 3 atom stereocenters. The van der Waals surface area contributed by atoms with E-state index in [1.807, 2.05) is 30.5 Å². The van der Waals surface area contributed by atoms with Gasteiger partial charge in [0.2, 0.25) is 0 Å². The minimum atomic E-state index is 0.124. The molecule has 2 heterocycles. The maximum absolute atomic E-state index is 6.29. The molecule has 0 aliphatic carbocycles. The Morgan fingerprint density at radius 1 is 1.27 bits per heavy atom. The lowest BCUT2D eigenvalue weighted by atomic mass is 9.97. The summed E-state index contributed by atoms with van der Waals surface area (Å²) in [5.41, 5.74) is 2.30. The van der Waals surface area contributed by atoms with Crippen molar-refractivity contribution in [3.8, 4) is 0 Å². The summed E-state index contributed by atoms with van der Waals surface area (Å²) in [6.07, 6.45) is 5.79. The molecular weight excluding hydrogens is 296 g/mol. The molecular formula is C18H21ClN2O. The summed E-state index contributed by atoms with van der Waals surface area (Å²) in [5, 5.41) is 4.51. The summed E-state index contributed by atoms with van der Waals surface area (Å²) >= 11 is 6.29. The summed E-state index contributed by atoms with van der Waals surface area (Å²) in [5.74, 6) is 0. The predicted octanol–water partition coefficient (Wildman–Crippen LogP) is 4.31. The summed E-state index contributed by atoms with van der Waals surface area (Å²) in [6, 6.07) is 12.7. The number of benzene rings is 1. The highest BCUT2D eigenvalue weighted by Crippen LogP contribution is 2.30. The minimum Gasteiger partial charge on any atom is -0.373 e. The number of pyridine rings is 1. The van der Waals surface area contributed by atoms with Gasteiger partial charge in [0, 0.05) is 36.1 Å². The lowest BCUT2D eigenvalue weighted by Crippen LogP contribution is -2.37. The van der Waals surface area contributed by atoms with Crippen molar-refractivity contribution >= 4 is 11.6 Å². The predicted molar refractivity (Wildman–Crippen MR) is 89.0 cm³/mol. The topological polar surface area (TPSA) is 34.1 Å². The number of nitrogens with one attached hydrogen (secondary N) is 1. The zero-order chi connectivity index (χ0) is 15.4. The van der Waals surface area contributed by atoms with Crippen LogP contribution in [-0.4, -0.2) is 17.6 Å². The van der Waals surface area contributed by atoms with Crippen LogP contribution in [-0.2, 0) is 4.74 Å². The molecule has 0 spiro atoms. The van der Waals surface area contributed by atoms with Gasteiger partial charge in [-0.1, -0.05) is 35.9 Å². The van der Waals surface area contributed by atoms with Crippen molar-refractivity contribution in [1.82, 2.24) is 10.3 Å². The van der Waals surface area contributed by atoms with E-state index in [2.05, 4.69) is 29.4 Å². The lowest BCUT2D eigenvalue weighted by molar-refractivity contribution is -0.00159. The Hall–Kier alpha value is -1.42. The lowest BCUT2D eigenvalue weighted by Gasteiger charge is -2.32. The normalized spacial score (nSPS) is 23.2. The maximum atomic E-state index is 6.29. The molecule has 1 aromatic carbocycles. The van der Waals surface area contributed by atoms with Gasteiger partial charge in [0.15, 0.2) is 0 Å². The van der Waals surface area contributed by atoms with Crippen LogP contribution in [0.3, 0.4) is 0 Å². The van der Waals surface area contributed by atoms with E-state index < -0.39 is 0 Å². The number of hydrogen-bond acceptors (Lipinski definition) is 3. The first-order valence-electron chi connectivity index (χ1n) is 7.76. The summed E-state index contributed by atoms with van der Waals surface area (Å²) < 4.78 is 5.90. The molecule has 0 saturated carbocycles. The van der Waals surface area contributed by atoms with Gasteiger partial charge in [-0.15, -0.1) is 0 Å². The number of rotatable bonds is 4. The first kappa shape index (κ1) is 15.5. The van der Waals surface area contributed by atoms with E-state index in [9.17, 15) is 0 Å². The molecule has 4 heteroatoms. The van der Waals surface area contributed by atoms with Crippen molar-refractivity contribution in [2.45, 2.75) is 38.0 Å². The van der Waals surface area contributed by atoms with Crippen molar-refractivity contribution in [3.05, 3.63) is 64.9 Å². The van der Waals surface area contributed by atoms with Crippen molar-refractivity contribution < 1.29 is 4.74 Å². The molecule has 1 N–H and O–H groups in total. The van der Waals surface area contributed by atoms with Crippen molar-refractivity contribution in [2.24, 2.45) is 0 Å². The van der Waals surface area contributed by atoms with Gasteiger partial charge in [-0.3, -0.25) is 4.98 Å². The third-order valence-corrected chi connectivity index (χ3v) is 4.54. The third-order valence-electron chi connectivity index (χ3n) is 4.20. The fraction of sp³-hybridized carbons (Fsp3) is 0.389. The molecule has 0 bridgehead atoms. The van der Waals surface area contributed by atoms with Crippen LogP contribution < -0.4 is 5.32 Å². The Labute approximate surface area is 136 Å². The Kier molecular flexibility index (Phi) is 5.08. The summed E-state index contributed by atoms with van der Waals surface area (Å²) in [6.45, 7) is 2.93. The molecule has 1 aliphatic rings. The molecule has 1 fully saturated rings. The van der Waals surface area contributed by atoms with E-state index in [-0.39, 0.29) is 12.1 Å². The molecule has 1 aliphatic heterocycles. The van der Waals surface area contributed by atoms with Crippen LogP contribution in [0.5, 0.6) is 0 Å². The van der Waals surface area contributed by atoms with Crippen LogP contribution >= 0.6 is 11.6 Å². The largest absolute Gasteiger partial charge is 0.373 e. The van der Waals surface area contributed by atoms with Gasteiger partial charge in [-0.2, -0.15) is 0 Å². The fourth-order valence-corrected chi connectivity index (χ4v) is 3.32. The Morgan fingerprint density at radius 3 is 2.91 bits per heavy atom. The minimum absolute atomic E-state index is 0.124. The monoisotopic (exact) mass is 316 g/mol. The number of aromatic nitrogens is 1. The highest BCUT2D eigenvalue weighted by Gasteiger charge is 2.25. The van der Waals surface area contributed by atoms with E-state index in [0.717, 1.165) is 35.6 Å². The molecule has 0 radical (unpaired) electrons. The van der Waals surface area contributed by atoms with Crippen LogP contribution in [0.4, 0.5) is 0 Å². The second-order valence-corrected chi connectivity index (χ2v) is 6.18. The van der Waals surface area contributed by atoms with Gasteiger partial charge in [0.1, 0.15) is 0 Å². The average molecular weight is 317 g/mol. The van der Waals surface area contributed by atoms with Gasteiger partial charge in [-0.25, -0.2) is 0 Å². The smallest absolute Gasteiger partial charge is 0.0854 e. The second kappa shape index (κ2) is 7.23. The molecule has 0 amide bonds. The van der Waals surface area contributed by atoms with E-state index >= 15 is 0 Å². The fourth-order valence-electron chi connectivity index (χ4n) is 3.02. The van der Waals surface area contributed by atoms with Crippen LogP contribution in [0.15, 0.2) is 48.8 Å². The van der Waals surface area contributed by atoms with Crippen molar-refractivity contribution in [3.63, 3.8) is 0 Å². The average Bonchev–Trinajstić information content (AvgIpc) is 2.56. The van der Waals surface area contributed by atoms with Crippen LogP contribution in [0.2, 0.25) is 5.02 Å². The van der Waals surface area contributed by atoms with E-state index in [1.165, 1.54) is 0 Å². The van der Waals surface area contributed by atoms with E-state index in [0.29, 0.717) is 6.04 Å². The van der Waals surface area contributed by atoms with Gasteiger partial charge in [-0.05, 0) is 43.0 Å². The third kappa shape index (κ3) is 3.67. The quantitative estimate of drug-likeness (QED) is 0.913. The second-order valence-electron chi connectivity index (χ2n) is 5.78. The van der Waals surface area contributed by atoms with Crippen molar-refractivity contribution in [1.29, 1.82) is 0 Å². The molecule has 1 saturated heterocycles. The van der Waals surface area contributed by atoms with Crippen molar-refractivity contribution in [2.75, 3.05) is 6.61 Å². The zero-order valence-corrected chi connectivity index (χ0v) is 13.5. The maximum Gasteiger partial charge on any atom is 0.0854 e. The Morgan fingerprint density at radius 2 is 2.14 bits per heavy atom. The molecule has 2 aromatic rings. The molecule has 3 rings (SSSR count). The first-order valence-corrected chi connectivity index (χ1v) is 8.14. The first-order chi connectivity index (χ1) is 10.7. The molecule has 3 unspecified atom stereocenters. The molecule has 1 aromatic heterocycles. The van der Waals surface area contributed by atoms with E-state index in [1.54, 1.807) is 6.20 Å². The zero-order valence-electron chi connectivity index (χ0n) is 12.7. The standard InChI is InChI=1S/C18H21ClN2O/c1-13(16-6-2-3-7-17(16)19)21-15-8-10-22-18(11-15)14-5-4-9-20-12-14/h2-7,9,12-13,15,18,21H,8,10-11H2,1H3. The number of hydrogen-bond donors (Lipinski definition) is 1. The number of ether oxygens (including phenoxy) is 1. The highest BCUT2D eigenvalue weighted by molar-refractivity contribution is 6.31. The van der Waals surface area contributed by atoms with E-state index in [4.69, 9.17) is 16.3 Å². The molecule has 3 nitrogen and oxygen atoms in total. The summed E-state index contributed by atoms with van der Waals surface area (Å²) in [4.78, 5) is 4.19. The highest BCUT2D eigenvalue weighted by atomic mass is 35.5. The SMILES string of the molecule is CC(NC1CCOC(c2cccnc2)C1)c1ccccc1Cl. The molecule has 116 valence electrons. The Bertz CT molecular complexity index is 605. The van der Waals surface area contributed by atoms with Gasteiger partial charge >= 0.3 is 0 Å².